The fourth-order valence-corrected chi connectivity index (χ4v) is 4.39. The molecule has 1 unspecified atom stereocenters. The number of imidazole rings is 1. The van der Waals surface area contributed by atoms with Crippen LogP contribution in [0.25, 0.3) is 0 Å². The lowest BCUT2D eigenvalue weighted by molar-refractivity contribution is -0.134. The number of hydrogen-bond donors (Lipinski definition) is 0. The Balaban J connectivity index is 2.11. The minimum absolute atomic E-state index is 0.0460. The van der Waals surface area contributed by atoms with Crippen LogP contribution in [0.4, 0.5) is 0 Å². The summed E-state index contributed by atoms with van der Waals surface area (Å²) in [5.41, 5.74) is 1.83. The van der Waals surface area contributed by atoms with Crippen molar-refractivity contribution < 1.29 is 17.9 Å². The highest BCUT2D eigenvalue weighted by molar-refractivity contribution is 7.91. The van der Waals surface area contributed by atoms with Gasteiger partial charge in [0.25, 0.3) is 0 Å². The average molecular weight is 329 g/mol. The van der Waals surface area contributed by atoms with Crippen LogP contribution < -0.4 is 0 Å². The monoisotopic (exact) mass is 329 g/mol. The Morgan fingerprint density at radius 1 is 1.50 bits per heavy atom. The molecule has 1 aliphatic heterocycles. The summed E-state index contributed by atoms with van der Waals surface area (Å²) in [5, 5.41) is 0. The van der Waals surface area contributed by atoms with Crippen molar-refractivity contribution in [1.82, 2.24) is 14.5 Å². The van der Waals surface area contributed by atoms with Crippen molar-refractivity contribution in [2.24, 2.45) is 0 Å². The second-order valence-electron chi connectivity index (χ2n) is 5.68. The molecule has 8 heteroatoms. The molecular weight excluding hydrogens is 306 g/mol. The first-order valence-electron chi connectivity index (χ1n) is 7.31. The Morgan fingerprint density at radius 2 is 2.23 bits per heavy atom. The standard InChI is InChI=1S/C14H23N3O4S/c1-11-12(2)16(10-15-11)8-14(18)17(5-6-21-3)13-4-7-22(19,20)9-13/h10,13H,4-9H2,1-3H3. The minimum Gasteiger partial charge on any atom is -0.383 e. The number of amides is 1. The van der Waals surface area contributed by atoms with Crippen molar-refractivity contribution in [3.8, 4) is 0 Å². The summed E-state index contributed by atoms with van der Waals surface area (Å²) in [6.07, 6.45) is 2.14. The Hall–Kier alpha value is -1.41. The number of methoxy groups -OCH3 is 1. The number of aryl methyl sites for hydroxylation is 1. The highest BCUT2D eigenvalue weighted by Gasteiger charge is 2.34. The molecule has 0 spiro atoms. The fraction of sp³-hybridized carbons (Fsp3) is 0.714. The van der Waals surface area contributed by atoms with Crippen LogP contribution in [-0.2, 0) is 25.9 Å². The third-order valence-electron chi connectivity index (χ3n) is 4.16. The minimum atomic E-state index is -3.03. The molecule has 0 aliphatic carbocycles. The van der Waals surface area contributed by atoms with E-state index in [1.165, 1.54) is 0 Å². The first kappa shape index (κ1) is 17.0. The summed E-state index contributed by atoms with van der Waals surface area (Å²) in [5.74, 6) is 0.0989. The van der Waals surface area contributed by atoms with E-state index < -0.39 is 9.84 Å². The Bertz CT molecular complexity index is 639. The molecule has 0 N–H and O–H groups in total. The maximum atomic E-state index is 12.6. The number of carbonyl (C=O) groups excluding carboxylic acids is 1. The highest BCUT2D eigenvalue weighted by Crippen LogP contribution is 2.18. The Morgan fingerprint density at radius 3 is 2.73 bits per heavy atom. The molecule has 124 valence electrons. The van der Waals surface area contributed by atoms with Crippen LogP contribution in [0.3, 0.4) is 0 Å². The normalized spacial score (nSPS) is 20.2. The molecule has 7 nitrogen and oxygen atoms in total. The van der Waals surface area contributed by atoms with Crippen LogP contribution in [-0.4, -0.2) is 66.6 Å². The number of aromatic nitrogens is 2. The molecule has 0 radical (unpaired) electrons. The van der Waals surface area contributed by atoms with Crippen LogP contribution in [0.1, 0.15) is 17.8 Å². The number of carbonyl (C=O) groups is 1. The van der Waals surface area contributed by atoms with E-state index >= 15 is 0 Å². The van der Waals surface area contributed by atoms with E-state index in [0.29, 0.717) is 19.6 Å². The zero-order valence-corrected chi connectivity index (χ0v) is 14.1. The lowest BCUT2D eigenvalue weighted by Crippen LogP contribution is -2.44. The zero-order valence-electron chi connectivity index (χ0n) is 13.3. The SMILES string of the molecule is COCCN(C(=O)Cn1cnc(C)c1C)C1CCS(=O)(=O)C1. The summed E-state index contributed by atoms with van der Waals surface area (Å²) < 4.78 is 30.2. The predicted molar refractivity (Wildman–Crippen MR) is 82.3 cm³/mol. The molecule has 1 aromatic heterocycles. The lowest BCUT2D eigenvalue weighted by Gasteiger charge is -2.28. The van der Waals surface area contributed by atoms with Crippen molar-refractivity contribution in [3.63, 3.8) is 0 Å². The van der Waals surface area contributed by atoms with E-state index in [4.69, 9.17) is 4.74 Å². The van der Waals surface area contributed by atoms with E-state index in [-0.39, 0.29) is 30.0 Å². The van der Waals surface area contributed by atoms with Crippen molar-refractivity contribution >= 4 is 15.7 Å². The first-order chi connectivity index (χ1) is 10.3. The molecule has 0 aromatic carbocycles. The Labute approximate surface area is 131 Å². The van der Waals surface area contributed by atoms with Gasteiger partial charge in [-0.1, -0.05) is 0 Å². The summed E-state index contributed by atoms with van der Waals surface area (Å²) in [6, 6.07) is -0.252. The van der Waals surface area contributed by atoms with Gasteiger partial charge in [-0.2, -0.15) is 0 Å². The molecule has 2 rings (SSSR count). The maximum Gasteiger partial charge on any atom is 0.242 e. The van der Waals surface area contributed by atoms with E-state index in [1.807, 2.05) is 13.8 Å². The smallest absolute Gasteiger partial charge is 0.242 e. The molecule has 22 heavy (non-hydrogen) atoms. The Kier molecular flexibility index (Phi) is 5.23. The zero-order chi connectivity index (χ0) is 16.3. The van der Waals surface area contributed by atoms with E-state index in [0.717, 1.165) is 11.4 Å². The lowest BCUT2D eigenvalue weighted by atomic mass is 10.2. The molecule has 2 heterocycles. The predicted octanol–water partition coefficient (Wildman–Crippen LogP) is 0.162. The summed E-state index contributed by atoms with van der Waals surface area (Å²) in [7, 11) is -1.46. The molecular formula is C14H23N3O4S. The number of hydrogen-bond acceptors (Lipinski definition) is 5. The van der Waals surface area contributed by atoms with E-state index in [1.54, 1.807) is 22.9 Å². The van der Waals surface area contributed by atoms with Gasteiger partial charge in [0.2, 0.25) is 5.91 Å². The topological polar surface area (TPSA) is 81.5 Å². The van der Waals surface area contributed by atoms with Crippen LogP contribution in [0.5, 0.6) is 0 Å². The number of nitrogens with zero attached hydrogens (tertiary/aromatic N) is 3. The molecule has 1 aliphatic rings. The molecule has 0 bridgehead atoms. The van der Waals surface area contributed by atoms with Gasteiger partial charge in [-0.05, 0) is 20.3 Å². The quantitative estimate of drug-likeness (QED) is 0.743. The largest absolute Gasteiger partial charge is 0.383 e. The molecule has 1 amide bonds. The van der Waals surface area contributed by atoms with Crippen LogP contribution in [0.15, 0.2) is 6.33 Å². The number of sulfone groups is 1. The van der Waals surface area contributed by atoms with Crippen LogP contribution in [0, 0.1) is 13.8 Å². The maximum absolute atomic E-state index is 12.6. The van der Waals surface area contributed by atoms with E-state index in [9.17, 15) is 13.2 Å². The van der Waals surface area contributed by atoms with Gasteiger partial charge in [0.05, 0.1) is 30.1 Å². The van der Waals surface area contributed by atoms with Gasteiger partial charge >= 0.3 is 0 Å². The fourth-order valence-electron chi connectivity index (χ4n) is 2.66. The molecule has 1 atom stereocenters. The molecule has 0 saturated carbocycles. The molecule has 1 fully saturated rings. The summed E-state index contributed by atoms with van der Waals surface area (Å²) in [6.45, 7) is 4.77. The summed E-state index contributed by atoms with van der Waals surface area (Å²) >= 11 is 0. The van der Waals surface area contributed by atoms with Crippen molar-refractivity contribution in [3.05, 3.63) is 17.7 Å². The van der Waals surface area contributed by atoms with Gasteiger partial charge in [0.15, 0.2) is 9.84 Å². The van der Waals surface area contributed by atoms with E-state index in [2.05, 4.69) is 4.98 Å². The third-order valence-corrected chi connectivity index (χ3v) is 5.91. The third kappa shape index (κ3) is 3.86. The summed E-state index contributed by atoms with van der Waals surface area (Å²) in [4.78, 5) is 18.4. The van der Waals surface area contributed by atoms with Gasteiger partial charge in [-0.25, -0.2) is 13.4 Å². The second kappa shape index (κ2) is 6.78. The van der Waals surface area contributed by atoms with Gasteiger partial charge in [0.1, 0.15) is 6.54 Å². The highest BCUT2D eigenvalue weighted by atomic mass is 32.2. The van der Waals surface area contributed by atoms with Crippen molar-refractivity contribution in [2.45, 2.75) is 32.9 Å². The van der Waals surface area contributed by atoms with Gasteiger partial charge in [-0.15, -0.1) is 0 Å². The van der Waals surface area contributed by atoms with Crippen LogP contribution >= 0.6 is 0 Å². The van der Waals surface area contributed by atoms with Crippen molar-refractivity contribution in [2.75, 3.05) is 31.8 Å². The number of rotatable bonds is 6. The van der Waals surface area contributed by atoms with Crippen molar-refractivity contribution in [1.29, 1.82) is 0 Å². The van der Waals surface area contributed by atoms with Gasteiger partial charge in [-0.3, -0.25) is 4.79 Å². The van der Waals surface area contributed by atoms with Gasteiger partial charge < -0.3 is 14.2 Å². The second-order valence-corrected chi connectivity index (χ2v) is 7.91. The van der Waals surface area contributed by atoms with Crippen LogP contribution in [0.2, 0.25) is 0 Å². The first-order valence-corrected chi connectivity index (χ1v) is 9.13. The molecule has 1 saturated heterocycles. The average Bonchev–Trinajstić information content (AvgIpc) is 2.96. The number of ether oxygens (including phenoxy) is 1. The van der Waals surface area contributed by atoms with Gasteiger partial charge in [0, 0.05) is 25.4 Å². The molecule has 1 aromatic rings.